The quantitative estimate of drug-likeness (QED) is 0.571. The number of ketones is 1. The third kappa shape index (κ3) is 2.54. The molecule has 8 nitrogen and oxygen atoms in total. The molecule has 142 valence electrons. The molecule has 28 heavy (non-hydrogen) atoms. The van der Waals surface area contributed by atoms with Gasteiger partial charge in [-0.2, -0.15) is 5.10 Å². The van der Waals surface area contributed by atoms with E-state index in [1.165, 1.54) is 0 Å². The molecule has 1 aromatic carbocycles. The Morgan fingerprint density at radius 3 is 2.57 bits per heavy atom. The molecule has 0 saturated heterocycles. The number of aromatic nitrogens is 5. The Morgan fingerprint density at radius 1 is 1.07 bits per heavy atom. The first-order valence-corrected chi connectivity index (χ1v) is 10.6. The van der Waals surface area contributed by atoms with E-state index < -0.39 is 9.84 Å². The van der Waals surface area contributed by atoms with Gasteiger partial charge in [-0.1, -0.05) is 18.2 Å². The monoisotopic (exact) mass is 395 g/mol. The number of carbonyl (C=O) groups is 1. The average molecular weight is 395 g/mol. The number of H-pyrrole nitrogens is 1. The van der Waals surface area contributed by atoms with E-state index in [-0.39, 0.29) is 21.7 Å². The van der Waals surface area contributed by atoms with Gasteiger partial charge in [0.15, 0.2) is 10.7 Å². The van der Waals surface area contributed by atoms with Crippen LogP contribution >= 0.6 is 0 Å². The summed E-state index contributed by atoms with van der Waals surface area (Å²) in [5, 5.41) is 7.92. The van der Waals surface area contributed by atoms with Gasteiger partial charge in [-0.3, -0.25) is 9.48 Å². The zero-order valence-electron chi connectivity index (χ0n) is 14.9. The van der Waals surface area contributed by atoms with E-state index in [4.69, 9.17) is 0 Å². The smallest absolute Gasteiger partial charge is 0.226 e. The molecule has 9 heteroatoms. The Kier molecular flexibility index (Phi) is 3.80. The van der Waals surface area contributed by atoms with Crippen molar-refractivity contribution in [1.82, 2.24) is 25.0 Å². The molecule has 0 radical (unpaired) electrons. The van der Waals surface area contributed by atoms with Crippen LogP contribution in [0.15, 0.2) is 52.5 Å². The van der Waals surface area contributed by atoms with Gasteiger partial charge in [-0.15, -0.1) is 0 Å². The zero-order chi connectivity index (χ0) is 19.3. The fourth-order valence-corrected chi connectivity index (χ4v) is 5.16. The first-order valence-electron chi connectivity index (χ1n) is 9.08. The van der Waals surface area contributed by atoms with Crippen molar-refractivity contribution < 1.29 is 13.2 Å². The van der Waals surface area contributed by atoms with Gasteiger partial charge in [0.1, 0.15) is 16.8 Å². The molecule has 0 bridgehead atoms. The van der Waals surface area contributed by atoms with Crippen molar-refractivity contribution in [1.29, 1.82) is 0 Å². The summed E-state index contributed by atoms with van der Waals surface area (Å²) in [6.45, 7) is 0. The summed E-state index contributed by atoms with van der Waals surface area (Å²) in [5.41, 5.74) is 1.32. The van der Waals surface area contributed by atoms with E-state index in [2.05, 4.69) is 20.3 Å². The van der Waals surface area contributed by atoms with Crippen LogP contribution in [-0.4, -0.2) is 39.2 Å². The van der Waals surface area contributed by atoms with Crippen molar-refractivity contribution in [2.45, 2.75) is 41.6 Å². The van der Waals surface area contributed by atoms with Crippen LogP contribution in [0.5, 0.6) is 0 Å². The molecule has 3 heterocycles. The number of aromatic amines is 1. The number of rotatable bonds is 3. The summed E-state index contributed by atoms with van der Waals surface area (Å²) in [6, 6.07) is 10.0. The van der Waals surface area contributed by atoms with Gasteiger partial charge < -0.3 is 0 Å². The summed E-state index contributed by atoms with van der Waals surface area (Å²) < 4.78 is 28.4. The number of fused-ring (bicyclic) bond motifs is 3. The van der Waals surface area contributed by atoms with Gasteiger partial charge in [0.05, 0.1) is 10.9 Å². The van der Waals surface area contributed by atoms with Crippen molar-refractivity contribution in [3.05, 3.63) is 42.6 Å². The van der Waals surface area contributed by atoms with E-state index in [0.29, 0.717) is 42.4 Å². The fraction of sp³-hybridized carbons (Fsp3) is 0.263. The zero-order valence-corrected chi connectivity index (χ0v) is 15.7. The maximum atomic E-state index is 13.2. The van der Waals surface area contributed by atoms with Gasteiger partial charge in [0.25, 0.3) is 0 Å². The molecule has 0 unspecified atom stereocenters. The SMILES string of the molecule is O=C1CCC(n2[nH]nc3c(S(=O)(=O)c4ccccc4)nc4nccc4c32)CC1. The highest BCUT2D eigenvalue weighted by Gasteiger charge is 2.29. The lowest BCUT2D eigenvalue weighted by atomic mass is 9.94. The minimum atomic E-state index is -3.86. The largest absolute Gasteiger partial charge is 0.300 e. The first kappa shape index (κ1) is 17.1. The topological polar surface area (TPSA) is 111 Å². The molecule has 0 amide bonds. The van der Waals surface area contributed by atoms with Crippen LogP contribution in [0, 0.1) is 0 Å². The van der Waals surface area contributed by atoms with E-state index in [0.717, 1.165) is 5.39 Å². The number of hydrogen-bond acceptors (Lipinski definition) is 6. The number of Topliss-reactive ketones (excluding diaryl/α,β-unsaturated/α-hetero) is 1. The van der Waals surface area contributed by atoms with E-state index in [1.807, 2.05) is 10.7 Å². The Balaban J connectivity index is 1.76. The summed E-state index contributed by atoms with van der Waals surface area (Å²) in [6.07, 6.45) is 4.03. The number of nitrogens with one attached hydrogen (secondary N) is 1. The lowest BCUT2D eigenvalue weighted by Gasteiger charge is -2.22. The van der Waals surface area contributed by atoms with Crippen molar-refractivity contribution in [2.24, 2.45) is 0 Å². The second kappa shape index (κ2) is 6.23. The molecular weight excluding hydrogens is 378 g/mol. The molecule has 1 aliphatic carbocycles. The minimum absolute atomic E-state index is 0.0514. The van der Waals surface area contributed by atoms with Gasteiger partial charge in [-0.05, 0) is 31.0 Å². The lowest BCUT2D eigenvalue weighted by molar-refractivity contribution is -0.120. The van der Waals surface area contributed by atoms with Crippen LogP contribution in [0.2, 0.25) is 0 Å². The minimum Gasteiger partial charge on any atom is -0.300 e. The Hall–Kier alpha value is -3.07. The second-order valence-corrected chi connectivity index (χ2v) is 8.83. The van der Waals surface area contributed by atoms with E-state index in [9.17, 15) is 13.2 Å². The molecule has 3 aromatic heterocycles. The summed E-state index contributed by atoms with van der Waals surface area (Å²) >= 11 is 0. The summed E-state index contributed by atoms with van der Waals surface area (Å²) in [5.74, 6) is 0.259. The third-order valence-electron chi connectivity index (χ3n) is 5.26. The van der Waals surface area contributed by atoms with Gasteiger partial charge >= 0.3 is 0 Å². The number of pyridine rings is 1. The van der Waals surface area contributed by atoms with Crippen molar-refractivity contribution in [3.63, 3.8) is 0 Å². The maximum Gasteiger partial charge on any atom is 0.226 e. The number of hydrogen-bond donors (Lipinski definition) is 1. The van der Waals surface area contributed by atoms with E-state index in [1.54, 1.807) is 36.5 Å². The molecule has 0 aliphatic heterocycles. The number of nitrogens with zero attached hydrogens (tertiary/aromatic N) is 4. The van der Waals surface area contributed by atoms with Crippen LogP contribution in [-0.2, 0) is 14.6 Å². The highest BCUT2D eigenvalue weighted by molar-refractivity contribution is 7.91. The van der Waals surface area contributed by atoms with Crippen LogP contribution in [0.4, 0.5) is 0 Å². The molecule has 0 atom stereocenters. The number of benzene rings is 1. The second-order valence-electron chi connectivity index (χ2n) is 6.96. The fourth-order valence-electron chi connectivity index (χ4n) is 3.82. The molecule has 1 saturated carbocycles. The van der Waals surface area contributed by atoms with E-state index >= 15 is 0 Å². The van der Waals surface area contributed by atoms with Crippen LogP contribution in [0.1, 0.15) is 31.7 Å². The van der Waals surface area contributed by atoms with Crippen LogP contribution in [0.3, 0.4) is 0 Å². The highest BCUT2D eigenvalue weighted by Crippen LogP contribution is 2.34. The van der Waals surface area contributed by atoms with Crippen molar-refractivity contribution in [2.75, 3.05) is 0 Å². The summed E-state index contributed by atoms with van der Waals surface area (Å²) in [4.78, 5) is 20.3. The predicted molar refractivity (Wildman–Crippen MR) is 102 cm³/mol. The standard InChI is InChI=1S/C19H17N5O3S/c25-13-8-6-12(7-9-13)24-17-15-10-11-20-18(15)21-19(16(17)22-23-24)28(26,27)14-4-2-1-3-5-14/h1-5,10-12,23H,6-9H2. The van der Waals surface area contributed by atoms with Gasteiger partial charge in [0, 0.05) is 24.4 Å². The lowest BCUT2D eigenvalue weighted by Crippen LogP contribution is -2.19. The maximum absolute atomic E-state index is 13.2. The molecule has 5 rings (SSSR count). The number of sulfone groups is 1. The van der Waals surface area contributed by atoms with Crippen molar-refractivity contribution >= 4 is 37.7 Å². The Labute approximate surface area is 160 Å². The van der Waals surface area contributed by atoms with Crippen molar-refractivity contribution in [3.8, 4) is 0 Å². The number of carbonyl (C=O) groups excluding carboxylic acids is 1. The molecule has 0 spiro atoms. The first-order chi connectivity index (χ1) is 13.6. The van der Waals surface area contributed by atoms with Gasteiger partial charge in [-0.25, -0.2) is 23.6 Å². The van der Waals surface area contributed by atoms with Crippen LogP contribution < -0.4 is 0 Å². The average Bonchev–Trinajstić information content (AvgIpc) is 3.35. The Morgan fingerprint density at radius 2 is 1.82 bits per heavy atom. The molecular formula is C19H17N5O3S. The van der Waals surface area contributed by atoms with Gasteiger partial charge in [0.2, 0.25) is 9.84 Å². The van der Waals surface area contributed by atoms with Crippen LogP contribution in [0.25, 0.3) is 22.1 Å². The molecule has 1 fully saturated rings. The third-order valence-corrected chi connectivity index (χ3v) is 6.95. The normalized spacial score (nSPS) is 16.2. The highest BCUT2D eigenvalue weighted by atomic mass is 32.2. The molecule has 4 aromatic rings. The summed E-state index contributed by atoms with van der Waals surface area (Å²) in [7, 11) is -3.86. The predicted octanol–water partition coefficient (Wildman–Crippen LogP) is 2.82. The molecule has 1 aliphatic rings. The molecule has 1 N–H and O–H groups in total. The Bertz CT molecular complexity index is 1300.